The molecule has 0 bridgehead atoms. The van der Waals surface area contributed by atoms with Gasteiger partial charge < -0.3 is 19.8 Å². The van der Waals surface area contributed by atoms with E-state index in [1.165, 1.54) is 0 Å². The fourth-order valence-corrected chi connectivity index (χ4v) is 2.24. The first-order valence-electron chi connectivity index (χ1n) is 5.65. The van der Waals surface area contributed by atoms with E-state index in [0.717, 1.165) is 11.1 Å². The number of carboxylic acids is 2. The quantitative estimate of drug-likeness (QED) is 0.407. The van der Waals surface area contributed by atoms with E-state index < -0.39 is 17.4 Å². The number of aliphatic carboxylic acids is 2. The molecule has 5 nitrogen and oxygen atoms in total. The zero-order valence-electron chi connectivity index (χ0n) is 12.0. The molecular weight excluding hydrogens is 280 g/mol. The van der Waals surface area contributed by atoms with Crippen LogP contribution in [0.5, 0.6) is 0 Å². The Morgan fingerprint density at radius 3 is 2.20 bits per heavy atom. The third-order valence-corrected chi connectivity index (χ3v) is 3.26. The summed E-state index contributed by atoms with van der Waals surface area (Å²) in [5.41, 5.74) is 0.295. The molecule has 1 aliphatic heterocycles. The van der Waals surface area contributed by atoms with Gasteiger partial charge in [-0.05, 0) is 12.5 Å². The van der Waals surface area contributed by atoms with Crippen LogP contribution in [0.1, 0.15) is 11.1 Å². The molecule has 1 aromatic rings. The fraction of sp³-hybridized carbons (Fsp3) is 0.385. The van der Waals surface area contributed by atoms with Crippen molar-refractivity contribution in [3.8, 4) is 0 Å². The van der Waals surface area contributed by atoms with Crippen molar-refractivity contribution >= 4 is 11.9 Å². The minimum atomic E-state index is -1.84. The van der Waals surface area contributed by atoms with Crippen LogP contribution in [0, 0.1) is 12.3 Å². The average molecular weight is 293 g/mol. The van der Waals surface area contributed by atoms with Crippen molar-refractivity contribution in [2.24, 2.45) is 5.41 Å². The van der Waals surface area contributed by atoms with Crippen LogP contribution in [-0.2, 0) is 16.1 Å². The summed E-state index contributed by atoms with van der Waals surface area (Å²) in [6.07, 6.45) is 0. The van der Waals surface area contributed by atoms with E-state index in [0.29, 0.717) is 6.54 Å². The average Bonchev–Trinajstić information content (AvgIpc) is 2.21. The van der Waals surface area contributed by atoms with E-state index in [4.69, 9.17) is 0 Å². The zero-order chi connectivity index (χ0) is 13.3. The molecule has 2 rings (SSSR count). The van der Waals surface area contributed by atoms with Crippen LogP contribution in [0.3, 0.4) is 0 Å². The largest absolute Gasteiger partial charge is 1.00 e. The molecule has 0 aromatic heterocycles. The molecule has 1 aliphatic rings. The molecule has 96 valence electrons. The number of aryl methyl sites for hydroxylation is 1. The first-order chi connectivity index (χ1) is 8.44. The molecule has 7 heteroatoms. The zero-order valence-corrected chi connectivity index (χ0v) is 16.0. The number of nitrogens with zero attached hydrogens (tertiary/aromatic N) is 1. The number of hydrogen-bond donors (Lipinski definition) is 0. The van der Waals surface area contributed by atoms with Crippen LogP contribution in [-0.4, -0.2) is 29.9 Å². The standard InChI is InChI=1S/C13H15NO4.2Na/c1-9-3-2-4-10(5-9)6-14-7-13(8-14,11(15)16)12(17)18;;/h2-5H,6-8H2,1H3,(H,15,16)(H,17,18);;/q;2*+1/p-2. The molecule has 0 radical (unpaired) electrons. The van der Waals surface area contributed by atoms with E-state index in [9.17, 15) is 19.8 Å². The van der Waals surface area contributed by atoms with Gasteiger partial charge in [-0.15, -0.1) is 0 Å². The maximum atomic E-state index is 10.8. The number of benzene rings is 1. The maximum absolute atomic E-state index is 10.8. The molecular formula is C13H13NNa2O4. The number of rotatable bonds is 4. The van der Waals surface area contributed by atoms with Gasteiger partial charge in [-0.1, -0.05) is 29.8 Å². The fourth-order valence-electron chi connectivity index (χ4n) is 2.24. The maximum Gasteiger partial charge on any atom is 1.00 e. The molecule has 0 spiro atoms. The second-order valence-corrected chi connectivity index (χ2v) is 4.79. The van der Waals surface area contributed by atoms with E-state index in [1.807, 2.05) is 31.2 Å². The summed E-state index contributed by atoms with van der Waals surface area (Å²) in [7, 11) is 0. The molecule has 0 unspecified atom stereocenters. The predicted octanol–water partition coefficient (Wildman–Crippen LogP) is -7.70. The molecule has 1 aromatic carbocycles. The topological polar surface area (TPSA) is 83.5 Å². The molecule has 1 heterocycles. The second kappa shape index (κ2) is 7.94. The van der Waals surface area contributed by atoms with Crippen molar-refractivity contribution in [3.05, 3.63) is 35.4 Å². The summed E-state index contributed by atoms with van der Waals surface area (Å²) in [6, 6.07) is 7.78. The summed E-state index contributed by atoms with van der Waals surface area (Å²) in [4.78, 5) is 23.4. The number of hydrogen-bond acceptors (Lipinski definition) is 5. The minimum Gasteiger partial charge on any atom is -0.549 e. The van der Waals surface area contributed by atoms with Gasteiger partial charge in [-0.25, -0.2) is 0 Å². The molecule has 0 atom stereocenters. The van der Waals surface area contributed by atoms with Crippen molar-refractivity contribution in [3.63, 3.8) is 0 Å². The first kappa shape index (κ1) is 20.1. The Labute approximate surface area is 161 Å². The molecule has 0 amide bonds. The second-order valence-electron chi connectivity index (χ2n) is 4.79. The molecule has 1 saturated heterocycles. The number of carbonyl (C=O) groups excluding carboxylic acids is 2. The van der Waals surface area contributed by atoms with Crippen LogP contribution in [0.15, 0.2) is 24.3 Å². The normalized spacial score (nSPS) is 16.2. The molecule has 0 aliphatic carbocycles. The van der Waals surface area contributed by atoms with E-state index in [-0.39, 0.29) is 72.2 Å². The van der Waals surface area contributed by atoms with E-state index in [2.05, 4.69) is 0 Å². The molecule has 0 N–H and O–H groups in total. The van der Waals surface area contributed by atoms with Crippen molar-refractivity contribution in [2.45, 2.75) is 13.5 Å². The Bertz CT molecular complexity index is 485. The van der Waals surface area contributed by atoms with Gasteiger partial charge in [-0.2, -0.15) is 0 Å². The predicted molar refractivity (Wildman–Crippen MR) is 58.9 cm³/mol. The number of carboxylic acid groups (broad SMARTS) is 2. The van der Waals surface area contributed by atoms with Gasteiger partial charge in [0.2, 0.25) is 0 Å². The van der Waals surface area contributed by atoms with Crippen molar-refractivity contribution in [1.82, 2.24) is 4.90 Å². The summed E-state index contributed by atoms with van der Waals surface area (Å²) >= 11 is 0. The Kier molecular flexibility index (Phi) is 7.99. The Morgan fingerprint density at radius 1 is 1.20 bits per heavy atom. The van der Waals surface area contributed by atoms with E-state index >= 15 is 0 Å². The summed E-state index contributed by atoms with van der Waals surface area (Å²) in [5, 5.41) is 21.7. The first-order valence-corrected chi connectivity index (χ1v) is 5.65. The molecule has 20 heavy (non-hydrogen) atoms. The SMILES string of the molecule is Cc1cccc(CN2CC(C(=O)[O-])(C(=O)[O-])C2)c1.[Na+].[Na+]. The van der Waals surface area contributed by atoms with Crippen molar-refractivity contribution < 1.29 is 78.9 Å². The Balaban J connectivity index is 0.00000180. The van der Waals surface area contributed by atoms with Crippen LogP contribution < -0.4 is 69.3 Å². The third kappa shape index (κ3) is 4.07. The van der Waals surface area contributed by atoms with E-state index in [1.54, 1.807) is 4.90 Å². The van der Waals surface area contributed by atoms with Crippen LogP contribution in [0.4, 0.5) is 0 Å². The van der Waals surface area contributed by atoms with Crippen LogP contribution in [0.2, 0.25) is 0 Å². The molecule has 0 saturated carbocycles. The van der Waals surface area contributed by atoms with Gasteiger partial charge in [0.1, 0.15) is 0 Å². The molecule has 1 fully saturated rings. The third-order valence-electron chi connectivity index (χ3n) is 3.26. The summed E-state index contributed by atoms with van der Waals surface area (Å²) in [5.74, 6) is -3.13. The van der Waals surface area contributed by atoms with Crippen molar-refractivity contribution in [2.75, 3.05) is 13.1 Å². The Morgan fingerprint density at radius 2 is 1.75 bits per heavy atom. The van der Waals surface area contributed by atoms with Crippen molar-refractivity contribution in [1.29, 1.82) is 0 Å². The summed E-state index contributed by atoms with van der Waals surface area (Å²) in [6.45, 7) is 2.37. The smallest absolute Gasteiger partial charge is 0.549 e. The van der Waals surface area contributed by atoms with Gasteiger partial charge in [-0.3, -0.25) is 4.90 Å². The minimum absolute atomic E-state index is 0. The van der Waals surface area contributed by atoms with Crippen LogP contribution >= 0.6 is 0 Å². The van der Waals surface area contributed by atoms with Crippen LogP contribution in [0.25, 0.3) is 0 Å². The summed E-state index contributed by atoms with van der Waals surface area (Å²) < 4.78 is 0. The van der Waals surface area contributed by atoms with Gasteiger partial charge in [0, 0.05) is 19.6 Å². The van der Waals surface area contributed by atoms with Gasteiger partial charge >= 0.3 is 59.1 Å². The Hall–Kier alpha value is 0.120. The monoisotopic (exact) mass is 293 g/mol. The van der Waals surface area contributed by atoms with Gasteiger partial charge in [0.05, 0.1) is 17.4 Å². The van der Waals surface area contributed by atoms with Gasteiger partial charge in [0.15, 0.2) is 0 Å². The number of likely N-dealkylation sites (tertiary alicyclic amines) is 1. The van der Waals surface area contributed by atoms with Gasteiger partial charge in [0.25, 0.3) is 0 Å². The number of carbonyl (C=O) groups is 2.